The van der Waals surface area contributed by atoms with Gasteiger partial charge in [0.25, 0.3) is 0 Å². The minimum Gasteiger partial charge on any atom is -0.267 e. The van der Waals surface area contributed by atoms with Crippen molar-refractivity contribution in [3.8, 4) is 17.3 Å². The number of nitrogens with zero attached hydrogens (tertiary/aromatic N) is 3. The lowest BCUT2D eigenvalue weighted by Gasteiger charge is -2.11. The van der Waals surface area contributed by atoms with Gasteiger partial charge < -0.3 is 0 Å². The number of halogens is 2. The maximum atomic E-state index is 9.38. The molecule has 0 amide bonds. The number of aryl methyl sites for hydroxylation is 1. The van der Waals surface area contributed by atoms with Crippen LogP contribution in [0.2, 0.25) is 5.02 Å². The maximum Gasteiger partial charge on any atom is 0.100 e. The van der Waals surface area contributed by atoms with Crippen LogP contribution < -0.4 is 0 Å². The highest BCUT2D eigenvalue weighted by Crippen LogP contribution is 2.34. The molecular formula is C13H11BrClN3. The lowest BCUT2D eigenvalue weighted by atomic mass is 9.98. The van der Waals surface area contributed by atoms with E-state index in [2.05, 4.69) is 27.1 Å². The quantitative estimate of drug-likeness (QED) is 0.839. The molecule has 0 saturated heterocycles. The van der Waals surface area contributed by atoms with Crippen LogP contribution in [0.15, 0.2) is 22.8 Å². The third-order valence-electron chi connectivity index (χ3n) is 2.87. The number of rotatable bonds is 2. The van der Waals surface area contributed by atoms with Gasteiger partial charge in [0.2, 0.25) is 0 Å². The number of hydrogen-bond donors (Lipinski definition) is 0. The van der Waals surface area contributed by atoms with Crippen molar-refractivity contribution in [3.63, 3.8) is 0 Å². The molecule has 1 aromatic carbocycles. The molecule has 0 aliphatic carbocycles. The Bertz CT molecular complexity index is 621. The third kappa shape index (κ3) is 2.05. The van der Waals surface area contributed by atoms with E-state index in [1.54, 1.807) is 10.9 Å². The molecule has 5 heteroatoms. The van der Waals surface area contributed by atoms with Crippen molar-refractivity contribution in [2.75, 3.05) is 0 Å². The van der Waals surface area contributed by atoms with Crippen molar-refractivity contribution >= 4 is 27.5 Å². The molecule has 0 unspecified atom stereocenters. The molecule has 0 N–H and O–H groups in total. The van der Waals surface area contributed by atoms with Crippen molar-refractivity contribution in [2.24, 2.45) is 7.05 Å². The van der Waals surface area contributed by atoms with Crippen LogP contribution in [-0.2, 0) is 13.5 Å². The lowest BCUT2D eigenvalue weighted by Crippen LogP contribution is -1.99. The Morgan fingerprint density at radius 1 is 1.50 bits per heavy atom. The lowest BCUT2D eigenvalue weighted by molar-refractivity contribution is 0.775. The third-order valence-corrected chi connectivity index (χ3v) is 3.80. The molecule has 0 saturated carbocycles. The molecule has 1 heterocycles. The van der Waals surface area contributed by atoms with E-state index in [0.717, 1.165) is 27.7 Å². The van der Waals surface area contributed by atoms with E-state index < -0.39 is 0 Å². The Balaban J connectivity index is 2.78. The Morgan fingerprint density at radius 3 is 2.72 bits per heavy atom. The van der Waals surface area contributed by atoms with E-state index in [9.17, 15) is 5.26 Å². The van der Waals surface area contributed by atoms with Crippen LogP contribution in [0.1, 0.15) is 18.1 Å². The highest BCUT2D eigenvalue weighted by molar-refractivity contribution is 9.10. The maximum absolute atomic E-state index is 9.38. The van der Waals surface area contributed by atoms with Crippen LogP contribution in [0.4, 0.5) is 0 Å². The molecule has 0 aliphatic rings. The van der Waals surface area contributed by atoms with E-state index in [1.807, 2.05) is 26.1 Å². The fourth-order valence-corrected chi connectivity index (χ4v) is 2.86. The van der Waals surface area contributed by atoms with Gasteiger partial charge in [0.15, 0.2) is 0 Å². The van der Waals surface area contributed by atoms with Crippen molar-refractivity contribution in [1.29, 1.82) is 5.26 Å². The van der Waals surface area contributed by atoms with Crippen LogP contribution in [-0.4, -0.2) is 9.78 Å². The summed E-state index contributed by atoms with van der Waals surface area (Å²) in [5.74, 6) is 0. The SMILES string of the molecule is CCc1c(Cl)ccc(-c2c(Br)cnn2C)c1C#N. The standard InChI is InChI=1S/C13H11BrClN3/c1-3-8-10(6-16)9(4-5-12(8)15)13-11(14)7-17-18(13)2/h4-5,7H,3H2,1-2H3. The van der Waals surface area contributed by atoms with Gasteiger partial charge in [-0.25, -0.2) is 0 Å². The second-order valence-electron chi connectivity index (χ2n) is 3.88. The van der Waals surface area contributed by atoms with Gasteiger partial charge in [-0.15, -0.1) is 0 Å². The van der Waals surface area contributed by atoms with Crippen LogP contribution in [0.25, 0.3) is 11.3 Å². The second-order valence-corrected chi connectivity index (χ2v) is 5.14. The van der Waals surface area contributed by atoms with Gasteiger partial charge in [0.1, 0.15) is 6.07 Å². The fourth-order valence-electron chi connectivity index (χ4n) is 2.01. The monoisotopic (exact) mass is 323 g/mol. The Labute approximate surface area is 119 Å². The average Bonchev–Trinajstić information content (AvgIpc) is 2.69. The molecule has 2 aromatic rings. The van der Waals surface area contributed by atoms with Gasteiger partial charge in [-0.05, 0) is 40.0 Å². The summed E-state index contributed by atoms with van der Waals surface area (Å²) in [6, 6.07) is 5.94. The molecule has 3 nitrogen and oxygen atoms in total. The fraction of sp³-hybridized carbons (Fsp3) is 0.231. The summed E-state index contributed by atoms with van der Waals surface area (Å²) in [6.45, 7) is 1.99. The van der Waals surface area contributed by atoms with Gasteiger partial charge in [0.05, 0.1) is 21.9 Å². The number of benzene rings is 1. The Hall–Kier alpha value is -1.31. The predicted octanol–water partition coefficient (Wildman–Crippen LogP) is 3.94. The van der Waals surface area contributed by atoms with Crippen molar-refractivity contribution in [3.05, 3.63) is 39.0 Å². The molecular weight excluding hydrogens is 314 g/mol. The zero-order valence-corrected chi connectivity index (χ0v) is 12.4. The molecule has 18 heavy (non-hydrogen) atoms. The van der Waals surface area contributed by atoms with E-state index in [0.29, 0.717) is 10.6 Å². The molecule has 2 rings (SSSR count). The summed E-state index contributed by atoms with van der Waals surface area (Å²) in [5.41, 5.74) is 3.24. The van der Waals surface area contributed by atoms with Crippen LogP contribution in [0.5, 0.6) is 0 Å². The van der Waals surface area contributed by atoms with Gasteiger partial charge in [0, 0.05) is 17.6 Å². The summed E-state index contributed by atoms with van der Waals surface area (Å²) in [5, 5.41) is 14.2. The van der Waals surface area contributed by atoms with Crippen molar-refractivity contribution < 1.29 is 0 Å². The van der Waals surface area contributed by atoms with Crippen molar-refractivity contribution in [1.82, 2.24) is 9.78 Å². The van der Waals surface area contributed by atoms with E-state index in [-0.39, 0.29) is 0 Å². The van der Waals surface area contributed by atoms with E-state index >= 15 is 0 Å². The number of hydrogen-bond acceptors (Lipinski definition) is 2. The van der Waals surface area contributed by atoms with Gasteiger partial charge >= 0.3 is 0 Å². The van der Waals surface area contributed by atoms with Crippen LogP contribution in [0, 0.1) is 11.3 Å². The normalized spacial score (nSPS) is 10.4. The number of nitriles is 1. The largest absolute Gasteiger partial charge is 0.267 e. The van der Waals surface area contributed by atoms with Crippen LogP contribution in [0.3, 0.4) is 0 Å². The summed E-state index contributed by atoms with van der Waals surface area (Å²) in [6.07, 6.45) is 2.45. The minimum absolute atomic E-state index is 0.620. The summed E-state index contributed by atoms with van der Waals surface area (Å²) in [7, 11) is 1.85. The highest BCUT2D eigenvalue weighted by atomic mass is 79.9. The Kier molecular flexibility index (Phi) is 3.74. The number of aromatic nitrogens is 2. The summed E-state index contributed by atoms with van der Waals surface area (Å²) in [4.78, 5) is 0. The molecule has 0 fully saturated rings. The smallest absolute Gasteiger partial charge is 0.100 e. The first-order valence-corrected chi connectivity index (χ1v) is 6.66. The first kappa shape index (κ1) is 13.1. The van der Waals surface area contributed by atoms with Gasteiger partial charge in [-0.2, -0.15) is 10.4 Å². The summed E-state index contributed by atoms with van der Waals surface area (Å²) >= 11 is 9.59. The zero-order chi connectivity index (χ0) is 13.3. The molecule has 0 bridgehead atoms. The summed E-state index contributed by atoms with van der Waals surface area (Å²) < 4.78 is 2.61. The minimum atomic E-state index is 0.620. The van der Waals surface area contributed by atoms with Crippen molar-refractivity contribution in [2.45, 2.75) is 13.3 Å². The molecule has 0 spiro atoms. The molecule has 0 radical (unpaired) electrons. The Morgan fingerprint density at radius 2 is 2.22 bits per heavy atom. The predicted molar refractivity (Wildman–Crippen MR) is 75.4 cm³/mol. The van der Waals surface area contributed by atoms with Gasteiger partial charge in [-0.1, -0.05) is 18.5 Å². The first-order chi connectivity index (χ1) is 8.60. The average molecular weight is 325 g/mol. The second kappa shape index (κ2) is 5.13. The topological polar surface area (TPSA) is 41.6 Å². The molecule has 0 atom stereocenters. The molecule has 1 aromatic heterocycles. The van der Waals surface area contributed by atoms with Gasteiger partial charge in [-0.3, -0.25) is 4.68 Å². The molecule has 92 valence electrons. The first-order valence-electron chi connectivity index (χ1n) is 5.49. The van der Waals surface area contributed by atoms with E-state index in [1.165, 1.54) is 0 Å². The van der Waals surface area contributed by atoms with E-state index in [4.69, 9.17) is 11.6 Å². The highest BCUT2D eigenvalue weighted by Gasteiger charge is 2.17. The molecule has 0 aliphatic heterocycles. The van der Waals surface area contributed by atoms with Crippen LogP contribution >= 0.6 is 27.5 Å². The zero-order valence-electron chi connectivity index (χ0n) is 10.0.